The number of ether oxygens (including phenoxy) is 1. The monoisotopic (exact) mass is 361 g/mol. The maximum Gasteiger partial charge on any atom is 0.262 e. The molecule has 0 saturated carbocycles. The van der Waals surface area contributed by atoms with Crippen molar-refractivity contribution in [3.05, 3.63) is 52.0 Å². The van der Waals surface area contributed by atoms with E-state index in [1.54, 1.807) is 18.2 Å². The van der Waals surface area contributed by atoms with Gasteiger partial charge in [-0.25, -0.2) is 8.42 Å². The minimum absolute atomic E-state index is 0.0805. The second-order valence-corrected chi connectivity index (χ2v) is 7.21. The highest BCUT2D eigenvalue weighted by molar-refractivity contribution is 8.13. The molecule has 0 unspecified atom stereocenters. The predicted octanol–water partition coefficient (Wildman–Crippen LogP) is 4.58. The molecule has 0 radical (unpaired) electrons. The van der Waals surface area contributed by atoms with E-state index in [4.69, 9.17) is 43.9 Å². The summed E-state index contributed by atoms with van der Waals surface area (Å²) in [5, 5.41) is 9.22. The van der Waals surface area contributed by atoms with E-state index in [0.717, 1.165) is 0 Å². The van der Waals surface area contributed by atoms with Crippen LogP contribution < -0.4 is 4.74 Å². The lowest BCUT2D eigenvalue weighted by molar-refractivity contribution is 0.480. The molecule has 0 saturated heterocycles. The molecule has 0 bridgehead atoms. The van der Waals surface area contributed by atoms with E-state index in [-0.39, 0.29) is 32.0 Å². The molecule has 0 aliphatic carbocycles. The molecule has 2 aromatic carbocycles. The minimum Gasteiger partial charge on any atom is -0.456 e. The average molecular weight is 363 g/mol. The number of halogens is 3. The quantitative estimate of drug-likeness (QED) is 0.749. The summed E-state index contributed by atoms with van der Waals surface area (Å²) in [6.07, 6.45) is 0. The van der Waals surface area contributed by atoms with Gasteiger partial charge in [0.25, 0.3) is 9.05 Å². The third-order valence-corrected chi connectivity index (χ3v) is 4.60. The molecular formula is C13H6Cl3NO3S. The largest absolute Gasteiger partial charge is 0.456 e. The molecule has 8 heteroatoms. The molecule has 0 aromatic heterocycles. The van der Waals surface area contributed by atoms with Gasteiger partial charge in [-0.2, -0.15) is 5.26 Å². The van der Waals surface area contributed by atoms with Crippen LogP contribution in [0, 0.1) is 11.3 Å². The average Bonchev–Trinajstić information content (AvgIpc) is 2.37. The van der Waals surface area contributed by atoms with Crippen LogP contribution in [0.4, 0.5) is 0 Å². The Hall–Kier alpha value is -1.45. The number of rotatable bonds is 3. The fourth-order valence-electron chi connectivity index (χ4n) is 1.57. The molecule has 0 aliphatic heterocycles. The smallest absolute Gasteiger partial charge is 0.262 e. The molecule has 4 nitrogen and oxygen atoms in total. The Balaban J connectivity index is 2.41. The van der Waals surface area contributed by atoms with Crippen molar-refractivity contribution in [3.8, 4) is 17.6 Å². The summed E-state index contributed by atoms with van der Waals surface area (Å²) in [5.74, 6) is 0.491. The summed E-state index contributed by atoms with van der Waals surface area (Å²) in [6, 6.07) is 10.6. The van der Waals surface area contributed by atoms with Crippen molar-refractivity contribution in [3.63, 3.8) is 0 Å². The van der Waals surface area contributed by atoms with Gasteiger partial charge in [0.15, 0.2) is 0 Å². The first-order valence-corrected chi connectivity index (χ1v) is 8.50. The first-order valence-electron chi connectivity index (χ1n) is 5.43. The van der Waals surface area contributed by atoms with E-state index in [9.17, 15) is 8.42 Å². The zero-order valence-corrected chi connectivity index (χ0v) is 13.3. The second-order valence-electron chi connectivity index (χ2n) is 3.86. The van der Waals surface area contributed by atoms with Gasteiger partial charge in [-0.15, -0.1) is 0 Å². The van der Waals surface area contributed by atoms with Gasteiger partial charge in [0.1, 0.15) is 28.0 Å². The van der Waals surface area contributed by atoms with Crippen molar-refractivity contribution in [2.45, 2.75) is 4.90 Å². The molecule has 2 aromatic rings. The number of hydrogen-bond acceptors (Lipinski definition) is 4. The lowest BCUT2D eigenvalue weighted by atomic mass is 10.2. The predicted molar refractivity (Wildman–Crippen MR) is 80.7 cm³/mol. The first-order chi connectivity index (χ1) is 9.82. The molecule has 2 rings (SSSR count). The van der Waals surface area contributed by atoms with Crippen LogP contribution in [0.1, 0.15) is 5.56 Å². The van der Waals surface area contributed by atoms with E-state index < -0.39 is 9.05 Å². The Bertz CT molecular complexity index is 844. The maximum atomic E-state index is 11.2. The fourth-order valence-corrected chi connectivity index (χ4v) is 3.30. The molecule has 0 fully saturated rings. The second kappa shape index (κ2) is 6.12. The zero-order chi connectivity index (χ0) is 15.6. The van der Waals surface area contributed by atoms with Crippen LogP contribution in [0.5, 0.6) is 11.5 Å². The number of nitrogens with zero attached hydrogens (tertiary/aromatic N) is 1. The summed E-state index contributed by atoms with van der Waals surface area (Å²) in [5.41, 5.74) is 0.171. The van der Waals surface area contributed by atoms with Gasteiger partial charge in [-0.1, -0.05) is 29.3 Å². The lowest BCUT2D eigenvalue weighted by Gasteiger charge is -2.09. The maximum absolute atomic E-state index is 11.2. The van der Waals surface area contributed by atoms with E-state index >= 15 is 0 Å². The van der Waals surface area contributed by atoms with Crippen LogP contribution in [0.15, 0.2) is 41.3 Å². The van der Waals surface area contributed by atoms with E-state index in [0.29, 0.717) is 0 Å². The molecule has 0 heterocycles. The first kappa shape index (κ1) is 15.9. The van der Waals surface area contributed by atoms with Gasteiger partial charge in [-0.05, 0) is 24.3 Å². The normalized spacial score (nSPS) is 11.0. The summed E-state index contributed by atoms with van der Waals surface area (Å²) in [4.78, 5) is -0.218. The lowest BCUT2D eigenvalue weighted by Crippen LogP contribution is -1.94. The Kier molecular flexibility index (Phi) is 4.64. The molecule has 0 atom stereocenters. The van der Waals surface area contributed by atoms with Gasteiger partial charge >= 0.3 is 0 Å². The minimum atomic E-state index is -3.93. The van der Waals surface area contributed by atoms with Crippen LogP contribution in [-0.2, 0) is 9.05 Å². The SMILES string of the molecule is N#Cc1c(Cl)cccc1Oc1ccc(S(=O)(=O)Cl)c(Cl)c1. The Morgan fingerprint density at radius 1 is 1.10 bits per heavy atom. The Morgan fingerprint density at radius 3 is 2.38 bits per heavy atom. The molecule has 21 heavy (non-hydrogen) atoms. The van der Waals surface area contributed by atoms with Gasteiger partial charge in [0.2, 0.25) is 0 Å². The molecule has 0 aliphatic rings. The Morgan fingerprint density at radius 2 is 1.81 bits per heavy atom. The fraction of sp³-hybridized carbons (Fsp3) is 0. The van der Waals surface area contributed by atoms with Crippen molar-refractivity contribution in [1.29, 1.82) is 5.26 Å². The molecule has 108 valence electrons. The Labute approximate surface area is 135 Å². The van der Waals surface area contributed by atoms with Gasteiger partial charge in [-0.3, -0.25) is 0 Å². The van der Waals surface area contributed by atoms with Crippen LogP contribution in [0.25, 0.3) is 0 Å². The highest BCUT2D eigenvalue weighted by atomic mass is 35.7. The molecule has 0 amide bonds. The van der Waals surface area contributed by atoms with Gasteiger partial charge < -0.3 is 4.74 Å². The van der Waals surface area contributed by atoms with Crippen LogP contribution in [-0.4, -0.2) is 8.42 Å². The highest BCUT2D eigenvalue weighted by Gasteiger charge is 2.16. The third kappa shape index (κ3) is 3.60. The van der Waals surface area contributed by atoms with E-state index in [1.165, 1.54) is 18.2 Å². The zero-order valence-electron chi connectivity index (χ0n) is 10.2. The van der Waals surface area contributed by atoms with Crippen molar-refractivity contribution < 1.29 is 13.2 Å². The standard InChI is InChI=1S/C13H6Cl3NO3S/c14-10-2-1-3-12(9(10)7-17)20-8-4-5-13(11(15)6-8)21(16,18)19/h1-6H. The van der Waals surface area contributed by atoms with Gasteiger partial charge in [0.05, 0.1) is 10.0 Å². The van der Waals surface area contributed by atoms with Crippen LogP contribution >= 0.6 is 33.9 Å². The van der Waals surface area contributed by atoms with Crippen molar-refractivity contribution in [2.24, 2.45) is 0 Å². The van der Waals surface area contributed by atoms with Gasteiger partial charge in [0, 0.05) is 16.7 Å². The number of benzene rings is 2. The number of nitriles is 1. The summed E-state index contributed by atoms with van der Waals surface area (Å²) >= 11 is 11.7. The van der Waals surface area contributed by atoms with Crippen molar-refractivity contribution in [1.82, 2.24) is 0 Å². The van der Waals surface area contributed by atoms with Crippen molar-refractivity contribution >= 4 is 42.9 Å². The molecule has 0 N–H and O–H groups in total. The van der Waals surface area contributed by atoms with Crippen LogP contribution in [0.2, 0.25) is 10.0 Å². The molecule has 0 spiro atoms. The molecular weight excluding hydrogens is 357 g/mol. The topological polar surface area (TPSA) is 67.2 Å². The van der Waals surface area contributed by atoms with Crippen molar-refractivity contribution in [2.75, 3.05) is 0 Å². The summed E-state index contributed by atoms with van der Waals surface area (Å²) in [7, 11) is 1.30. The number of hydrogen-bond donors (Lipinski definition) is 0. The third-order valence-electron chi connectivity index (χ3n) is 2.48. The summed E-state index contributed by atoms with van der Waals surface area (Å²) < 4.78 is 28.0. The van der Waals surface area contributed by atoms with Crippen LogP contribution in [0.3, 0.4) is 0 Å². The highest BCUT2D eigenvalue weighted by Crippen LogP contribution is 2.33. The van der Waals surface area contributed by atoms with E-state index in [2.05, 4.69) is 0 Å². The van der Waals surface area contributed by atoms with E-state index in [1.807, 2.05) is 6.07 Å². The summed E-state index contributed by atoms with van der Waals surface area (Å²) in [6.45, 7) is 0.